The molecule has 1 fully saturated rings. The average Bonchev–Trinajstić information content (AvgIpc) is 3.18. The van der Waals surface area contributed by atoms with Crippen molar-refractivity contribution in [1.29, 1.82) is 0 Å². The summed E-state index contributed by atoms with van der Waals surface area (Å²) in [6.07, 6.45) is 3.31. The molecule has 0 atom stereocenters. The maximum Gasteiger partial charge on any atom is 0.279 e. The first-order valence-corrected chi connectivity index (χ1v) is 8.53. The first-order chi connectivity index (χ1) is 8.97. The van der Waals surface area contributed by atoms with E-state index in [1.165, 1.54) is 17.1 Å². The molecule has 1 saturated carbocycles. The Bertz CT molecular complexity index is 344. The van der Waals surface area contributed by atoms with E-state index in [-0.39, 0.29) is 0 Å². The van der Waals surface area contributed by atoms with Crippen molar-refractivity contribution in [2.75, 3.05) is 46.8 Å². The maximum atomic E-state index is 11.9. The minimum Gasteiger partial charge on any atom is -0.317 e. The van der Waals surface area contributed by atoms with E-state index in [0.29, 0.717) is 19.1 Å². The summed E-state index contributed by atoms with van der Waals surface area (Å²) in [5.41, 5.74) is 0. The molecular weight excluding hydrogens is 264 g/mol. The summed E-state index contributed by atoms with van der Waals surface area (Å²) in [6.45, 7) is 5.60. The molecule has 0 saturated heterocycles. The highest BCUT2D eigenvalue weighted by Gasteiger charge is 2.26. The van der Waals surface area contributed by atoms with E-state index in [2.05, 4.69) is 14.9 Å². The first kappa shape index (κ1) is 16.8. The standard InChI is InChI=1S/C12H28N4O2S/c1-4-13-8-5-10-16(3)19(17,18)14-9-11-15(2)12-6-7-12/h12-14H,4-11H2,1-3H3. The van der Waals surface area contributed by atoms with Crippen LogP contribution in [0, 0.1) is 0 Å². The molecule has 0 aromatic rings. The van der Waals surface area contributed by atoms with Crippen molar-refractivity contribution in [1.82, 2.24) is 19.2 Å². The summed E-state index contributed by atoms with van der Waals surface area (Å²) in [5.74, 6) is 0. The number of hydrogen-bond acceptors (Lipinski definition) is 4. The number of nitrogens with zero attached hydrogens (tertiary/aromatic N) is 2. The molecule has 1 aliphatic rings. The first-order valence-electron chi connectivity index (χ1n) is 7.09. The predicted octanol–water partition coefficient (Wildman–Crippen LogP) is -0.154. The molecule has 6 nitrogen and oxygen atoms in total. The van der Waals surface area contributed by atoms with Gasteiger partial charge in [0.1, 0.15) is 0 Å². The van der Waals surface area contributed by atoms with Crippen LogP contribution in [-0.2, 0) is 10.2 Å². The molecule has 0 amide bonds. The van der Waals surface area contributed by atoms with E-state index in [1.54, 1.807) is 7.05 Å². The zero-order valence-electron chi connectivity index (χ0n) is 12.4. The lowest BCUT2D eigenvalue weighted by Crippen LogP contribution is -2.42. The normalized spacial score (nSPS) is 16.5. The van der Waals surface area contributed by atoms with Crippen molar-refractivity contribution in [3.8, 4) is 0 Å². The van der Waals surface area contributed by atoms with Gasteiger partial charge in [0.25, 0.3) is 10.2 Å². The predicted molar refractivity (Wildman–Crippen MR) is 78.4 cm³/mol. The van der Waals surface area contributed by atoms with Crippen LogP contribution in [0.4, 0.5) is 0 Å². The van der Waals surface area contributed by atoms with Crippen LogP contribution in [0.2, 0.25) is 0 Å². The third kappa shape index (κ3) is 6.67. The summed E-state index contributed by atoms with van der Waals surface area (Å²) in [7, 11) is 0.352. The number of hydrogen-bond donors (Lipinski definition) is 2. The molecule has 114 valence electrons. The second-order valence-electron chi connectivity index (χ2n) is 5.14. The summed E-state index contributed by atoms with van der Waals surface area (Å²) >= 11 is 0. The molecule has 0 bridgehead atoms. The second kappa shape index (κ2) is 8.16. The highest BCUT2D eigenvalue weighted by Crippen LogP contribution is 2.24. The van der Waals surface area contributed by atoms with Crippen LogP contribution in [0.15, 0.2) is 0 Å². The Labute approximate surface area is 117 Å². The van der Waals surface area contributed by atoms with Crippen LogP contribution in [-0.4, -0.2) is 70.5 Å². The minimum absolute atomic E-state index is 0.479. The topological polar surface area (TPSA) is 64.7 Å². The molecule has 0 aromatic carbocycles. The Morgan fingerprint density at radius 2 is 1.84 bits per heavy atom. The van der Waals surface area contributed by atoms with Crippen molar-refractivity contribution in [3.05, 3.63) is 0 Å². The van der Waals surface area contributed by atoms with Gasteiger partial charge in [0.15, 0.2) is 0 Å². The van der Waals surface area contributed by atoms with E-state index < -0.39 is 10.2 Å². The van der Waals surface area contributed by atoms with Crippen molar-refractivity contribution in [2.45, 2.75) is 32.2 Å². The molecular formula is C12H28N4O2S. The van der Waals surface area contributed by atoms with Gasteiger partial charge in [-0.2, -0.15) is 12.7 Å². The van der Waals surface area contributed by atoms with Gasteiger partial charge in [0, 0.05) is 32.7 Å². The Morgan fingerprint density at radius 1 is 1.16 bits per heavy atom. The quantitative estimate of drug-likeness (QED) is 0.520. The fourth-order valence-electron chi connectivity index (χ4n) is 1.88. The van der Waals surface area contributed by atoms with Gasteiger partial charge in [-0.25, -0.2) is 4.72 Å². The molecule has 2 N–H and O–H groups in total. The van der Waals surface area contributed by atoms with Crippen LogP contribution in [0.1, 0.15) is 26.2 Å². The van der Waals surface area contributed by atoms with Gasteiger partial charge in [-0.15, -0.1) is 0 Å². The van der Waals surface area contributed by atoms with Crippen LogP contribution in [0.25, 0.3) is 0 Å². The number of likely N-dealkylation sites (N-methyl/N-ethyl adjacent to an activating group) is 1. The molecule has 0 aromatic heterocycles. The van der Waals surface area contributed by atoms with Crippen LogP contribution in [0.3, 0.4) is 0 Å². The van der Waals surface area contributed by atoms with Crippen molar-refractivity contribution in [2.24, 2.45) is 0 Å². The molecule has 1 aliphatic carbocycles. The highest BCUT2D eigenvalue weighted by atomic mass is 32.2. The van der Waals surface area contributed by atoms with Crippen molar-refractivity contribution >= 4 is 10.2 Å². The average molecular weight is 292 g/mol. The smallest absolute Gasteiger partial charge is 0.279 e. The van der Waals surface area contributed by atoms with E-state index >= 15 is 0 Å². The van der Waals surface area contributed by atoms with E-state index in [9.17, 15) is 8.42 Å². The van der Waals surface area contributed by atoms with Crippen LogP contribution in [0.5, 0.6) is 0 Å². The second-order valence-corrected chi connectivity index (χ2v) is 7.00. The maximum absolute atomic E-state index is 11.9. The summed E-state index contributed by atoms with van der Waals surface area (Å²) in [4.78, 5) is 2.22. The van der Waals surface area contributed by atoms with Gasteiger partial charge < -0.3 is 10.2 Å². The van der Waals surface area contributed by atoms with E-state index in [0.717, 1.165) is 26.1 Å². The Hall–Kier alpha value is -0.210. The van der Waals surface area contributed by atoms with Crippen LogP contribution < -0.4 is 10.0 Å². The van der Waals surface area contributed by atoms with Crippen molar-refractivity contribution < 1.29 is 8.42 Å². The summed E-state index contributed by atoms with van der Waals surface area (Å²) in [6, 6.07) is 0.669. The summed E-state index contributed by atoms with van der Waals surface area (Å²) < 4.78 is 27.9. The molecule has 1 rings (SSSR count). The van der Waals surface area contributed by atoms with E-state index in [1.807, 2.05) is 14.0 Å². The Morgan fingerprint density at radius 3 is 2.42 bits per heavy atom. The lowest BCUT2D eigenvalue weighted by atomic mass is 10.4. The summed E-state index contributed by atoms with van der Waals surface area (Å²) in [5, 5.41) is 3.18. The SMILES string of the molecule is CCNCCCN(C)S(=O)(=O)NCCN(C)C1CC1. The molecule has 0 heterocycles. The lowest BCUT2D eigenvalue weighted by molar-refractivity contribution is 0.327. The third-order valence-corrected chi connectivity index (χ3v) is 4.98. The molecule has 19 heavy (non-hydrogen) atoms. The van der Waals surface area contributed by atoms with Gasteiger partial charge >= 0.3 is 0 Å². The third-order valence-electron chi connectivity index (χ3n) is 3.41. The number of rotatable bonds is 11. The monoisotopic (exact) mass is 292 g/mol. The fourth-order valence-corrected chi connectivity index (χ4v) is 2.82. The Kier molecular flexibility index (Phi) is 7.23. The lowest BCUT2D eigenvalue weighted by Gasteiger charge is -2.20. The molecule has 7 heteroatoms. The minimum atomic E-state index is -3.32. The van der Waals surface area contributed by atoms with Crippen molar-refractivity contribution in [3.63, 3.8) is 0 Å². The largest absolute Gasteiger partial charge is 0.317 e. The zero-order valence-corrected chi connectivity index (χ0v) is 13.2. The van der Waals surface area contributed by atoms with E-state index in [4.69, 9.17) is 0 Å². The fraction of sp³-hybridized carbons (Fsp3) is 1.00. The Balaban J connectivity index is 2.17. The zero-order chi connectivity index (χ0) is 14.3. The highest BCUT2D eigenvalue weighted by molar-refractivity contribution is 7.87. The molecule has 0 aliphatic heterocycles. The molecule has 0 unspecified atom stereocenters. The van der Waals surface area contributed by atoms with Gasteiger partial charge in [0.2, 0.25) is 0 Å². The van der Waals surface area contributed by atoms with Crippen LogP contribution >= 0.6 is 0 Å². The molecule has 0 radical (unpaired) electrons. The number of nitrogens with one attached hydrogen (secondary N) is 2. The molecule has 0 spiro atoms. The van der Waals surface area contributed by atoms with Gasteiger partial charge in [-0.1, -0.05) is 6.92 Å². The van der Waals surface area contributed by atoms with Gasteiger partial charge in [-0.05, 0) is 39.4 Å². The van der Waals surface area contributed by atoms with Gasteiger partial charge in [-0.3, -0.25) is 0 Å². The van der Waals surface area contributed by atoms with Gasteiger partial charge in [0.05, 0.1) is 0 Å².